The van der Waals surface area contributed by atoms with E-state index in [0.29, 0.717) is 25.2 Å². The smallest absolute Gasteiger partial charge is 0.244 e. The Morgan fingerprint density at radius 1 is 0.972 bits per heavy atom. The van der Waals surface area contributed by atoms with Crippen LogP contribution < -0.4 is 14.4 Å². The fraction of sp³-hybridized carbons (Fsp3) is 0.481. The standard InChI is InChI=1S/C27H39N3O5S/c1-6-21(4)28-27(32)23(7-2)29(19-18-22-14-10-9-11-15-22)26(31)20-30(36(5,33)34)24-16-12-13-17-25(24)35-8-3/h9-17,21,23H,6-8,18-20H2,1-5H3,(H,28,32)/t21-,23+/m0/s1. The monoisotopic (exact) mass is 517 g/mol. The number of anilines is 1. The van der Waals surface area contributed by atoms with E-state index in [0.717, 1.165) is 22.5 Å². The second kappa shape index (κ2) is 13.9. The van der Waals surface area contributed by atoms with Gasteiger partial charge < -0.3 is 15.0 Å². The van der Waals surface area contributed by atoms with Crippen LogP contribution in [0.15, 0.2) is 54.6 Å². The first-order chi connectivity index (χ1) is 17.1. The Morgan fingerprint density at radius 2 is 1.61 bits per heavy atom. The van der Waals surface area contributed by atoms with Gasteiger partial charge in [-0.2, -0.15) is 0 Å². The van der Waals surface area contributed by atoms with E-state index in [1.165, 1.54) is 4.90 Å². The first-order valence-corrected chi connectivity index (χ1v) is 14.3. The number of sulfonamides is 1. The van der Waals surface area contributed by atoms with Gasteiger partial charge in [-0.05, 0) is 50.8 Å². The summed E-state index contributed by atoms with van der Waals surface area (Å²) in [7, 11) is -3.82. The summed E-state index contributed by atoms with van der Waals surface area (Å²) in [5.41, 5.74) is 1.31. The molecule has 0 unspecified atom stereocenters. The molecule has 0 spiro atoms. The maximum absolute atomic E-state index is 13.7. The highest BCUT2D eigenvalue weighted by Crippen LogP contribution is 2.30. The molecule has 2 rings (SSSR count). The van der Waals surface area contributed by atoms with Gasteiger partial charge in [0.05, 0.1) is 18.6 Å². The van der Waals surface area contributed by atoms with E-state index >= 15 is 0 Å². The van der Waals surface area contributed by atoms with Gasteiger partial charge in [-0.15, -0.1) is 0 Å². The number of hydrogen-bond acceptors (Lipinski definition) is 5. The summed E-state index contributed by atoms with van der Waals surface area (Å²) in [6.45, 7) is 7.73. The minimum Gasteiger partial charge on any atom is -0.492 e. The Labute approximate surface area is 215 Å². The van der Waals surface area contributed by atoms with E-state index in [-0.39, 0.29) is 24.2 Å². The zero-order chi connectivity index (χ0) is 26.7. The Morgan fingerprint density at radius 3 is 2.19 bits per heavy atom. The highest BCUT2D eigenvalue weighted by atomic mass is 32.2. The molecule has 0 aromatic heterocycles. The number of nitrogens with zero attached hydrogens (tertiary/aromatic N) is 2. The van der Waals surface area contributed by atoms with Crippen molar-refractivity contribution in [1.29, 1.82) is 0 Å². The van der Waals surface area contributed by atoms with Gasteiger partial charge in [0.1, 0.15) is 18.3 Å². The van der Waals surface area contributed by atoms with Crippen LogP contribution >= 0.6 is 0 Å². The summed E-state index contributed by atoms with van der Waals surface area (Å²) in [4.78, 5) is 28.4. The van der Waals surface area contributed by atoms with Crippen molar-refractivity contribution in [2.45, 2.75) is 59.0 Å². The summed E-state index contributed by atoms with van der Waals surface area (Å²) >= 11 is 0. The lowest BCUT2D eigenvalue weighted by atomic mass is 10.1. The summed E-state index contributed by atoms with van der Waals surface area (Å²) in [5.74, 6) is -0.321. The third kappa shape index (κ3) is 8.26. The van der Waals surface area contributed by atoms with Gasteiger partial charge in [-0.25, -0.2) is 8.42 Å². The van der Waals surface area contributed by atoms with E-state index in [2.05, 4.69) is 5.32 Å². The number of benzene rings is 2. The number of amides is 2. The molecular formula is C27H39N3O5S. The van der Waals surface area contributed by atoms with Crippen molar-refractivity contribution in [3.8, 4) is 5.75 Å². The number of nitrogens with one attached hydrogen (secondary N) is 1. The quantitative estimate of drug-likeness (QED) is 0.413. The topological polar surface area (TPSA) is 96.0 Å². The largest absolute Gasteiger partial charge is 0.492 e. The van der Waals surface area contributed by atoms with Gasteiger partial charge in [0.2, 0.25) is 21.8 Å². The zero-order valence-corrected chi connectivity index (χ0v) is 22.8. The Kier molecular flexibility index (Phi) is 11.2. The molecule has 198 valence electrons. The number of carbonyl (C=O) groups excluding carboxylic acids is 2. The molecule has 0 aliphatic rings. The lowest BCUT2D eigenvalue weighted by molar-refractivity contribution is -0.139. The van der Waals surface area contributed by atoms with E-state index in [1.54, 1.807) is 31.2 Å². The van der Waals surface area contributed by atoms with Crippen molar-refractivity contribution in [3.63, 3.8) is 0 Å². The Hall–Kier alpha value is -3.07. The van der Waals surface area contributed by atoms with Crippen molar-refractivity contribution in [2.24, 2.45) is 0 Å². The fourth-order valence-electron chi connectivity index (χ4n) is 3.87. The molecule has 1 N–H and O–H groups in total. The number of hydrogen-bond donors (Lipinski definition) is 1. The normalized spacial score (nSPS) is 12.9. The summed E-state index contributed by atoms with van der Waals surface area (Å²) in [6.07, 6.45) is 2.76. The minimum atomic E-state index is -3.82. The van der Waals surface area contributed by atoms with E-state index in [1.807, 2.05) is 51.1 Å². The molecule has 2 amide bonds. The lowest BCUT2D eigenvalue weighted by Gasteiger charge is -2.33. The third-order valence-electron chi connectivity index (χ3n) is 5.98. The summed E-state index contributed by atoms with van der Waals surface area (Å²) in [5, 5.41) is 2.97. The highest BCUT2D eigenvalue weighted by molar-refractivity contribution is 7.92. The Bertz CT molecular complexity index is 1090. The number of ether oxygens (including phenoxy) is 1. The van der Waals surface area contributed by atoms with Crippen LogP contribution in [0.2, 0.25) is 0 Å². The molecule has 2 atom stereocenters. The summed E-state index contributed by atoms with van der Waals surface area (Å²) < 4.78 is 32.3. The van der Waals surface area contributed by atoms with Crippen LogP contribution in [0.25, 0.3) is 0 Å². The predicted molar refractivity (Wildman–Crippen MR) is 144 cm³/mol. The van der Waals surface area contributed by atoms with Gasteiger partial charge in [0.15, 0.2) is 0 Å². The van der Waals surface area contributed by atoms with E-state index in [9.17, 15) is 18.0 Å². The molecule has 0 radical (unpaired) electrons. The highest BCUT2D eigenvalue weighted by Gasteiger charge is 2.32. The molecule has 0 heterocycles. The number of para-hydroxylation sites is 2. The van der Waals surface area contributed by atoms with Crippen LogP contribution in [-0.2, 0) is 26.0 Å². The van der Waals surface area contributed by atoms with Crippen LogP contribution in [0.3, 0.4) is 0 Å². The molecule has 36 heavy (non-hydrogen) atoms. The molecule has 0 bridgehead atoms. The van der Waals surface area contributed by atoms with Crippen molar-refractivity contribution in [3.05, 3.63) is 60.2 Å². The van der Waals surface area contributed by atoms with Crippen LogP contribution in [0, 0.1) is 0 Å². The van der Waals surface area contributed by atoms with Gasteiger partial charge in [-0.3, -0.25) is 13.9 Å². The van der Waals surface area contributed by atoms with Gasteiger partial charge in [-0.1, -0.05) is 56.3 Å². The first kappa shape index (κ1) is 29.2. The minimum absolute atomic E-state index is 0.0387. The zero-order valence-electron chi connectivity index (χ0n) is 21.9. The molecule has 0 saturated heterocycles. The maximum atomic E-state index is 13.7. The maximum Gasteiger partial charge on any atom is 0.244 e. The molecule has 9 heteroatoms. The molecule has 8 nitrogen and oxygen atoms in total. The van der Waals surface area contributed by atoms with Gasteiger partial charge in [0.25, 0.3) is 0 Å². The lowest BCUT2D eigenvalue weighted by Crippen LogP contribution is -2.54. The van der Waals surface area contributed by atoms with E-state index < -0.39 is 28.5 Å². The first-order valence-electron chi connectivity index (χ1n) is 12.5. The van der Waals surface area contributed by atoms with Crippen LogP contribution in [0.4, 0.5) is 5.69 Å². The average molecular weight is 518 g/mol. The average Bonchev–Trinajstić information content (AvgIpc) is 2.85. The second-order valence-corrected chi connectivity index (χ2v) is 10.6. The van der Waals surface area contributed by atoms with Crippen LogP contribution in [0.5, 0.6) is 5.75 Å². The molecule has 2 aromatic rings. The number of carbonyl (C=O) groups is 2. The van der Waals surface area contributed by atoms with Gasteiger partial charge in [0, 0.05) is 12.6 Å². The summed E-state index contributed by atoms with van der Waals surface area (Å²) in [6, 6.07) is 15.6. The SMILES string of the molecule is CCOc1ccccc1N(CC(=O)N(CCc1ccccc1)[C@H](CC)C(=O)N[C@@H](C)CC)S(C)(=O)=O. The van der Waals surface area contributed by atoms with Crippen molar-refractivity contribution in [2.75, 3.05) is 30.3 Å². The number of rotatable bonds is 14. The van der Waals surface area contributed by atoms with Crippen LogP contribution in [0.1, 0.15) is 46.1 Å². The fourth-order valence-corrected chi connectivity index (χ4v) is 4.73. The molecule has 0 fully saturated rings. The predicted octanol–water partition coefficient (Wildman–Crippen LogP) is 3.62. The van der Waals surface area contributed by atoms with Crippen molar-refractivity contribution in [1.82, 2.24) is 10.2 Å². The van der Waals surface area contributed by atoms with Crippen molar-refractivity contribution >= 4 is 27.5 Å². The molecule has 0 aliphatic carbocycles. The van der Waals surface area contributed by atoms with Crippen LogP contribution in [-0.4, -0.2) is 63.2 Å². The second-order valence-electron chi connectivity index (χ2n) is 8.74. The van der Waals surface area contributed by atoms with E-state index in [4.69, 9.17) is 4.74 Å². The third-order valence-corrected chi connectivity index (χ3v) is 7.11. The van der Waals surface area contributed by atoms with Gasteiger partial charge >= 0.3 is 0 Å². The Balaban J connectivity index is 2.41. The molecule has 0 aliphatic heterocycles. The molecule has 2 aromatic carbocycles. The van der Waals surface area contributed by atoms with Crippen molar-refractivity contribution < 1.29 is 22.7 Å². The molecular weight excluding hydrogens is 478 g/mol. The molecule has 0 saturated carbocycles.